The number of rotatable bonds is 7. The summed E-state index contributed by atoms with van der Waals surface area (Å²) in [6.45, 7) is 1.78. The van der Waals surface area contributed by atoms with Crippen molar-refractivity contribution in [1.29, 1.82) is 0 Å². The molecule has 2 aromatic carbocycles. The van der Waals surface area contributed by atoms with Crippen LogP contribution < -0.4 is 10.1 Å². The van der Waals surface area contributed by atoms with Gasteiger partial charge in [-0.25, -0.2) is 9.59 Å². The van der Waals surface area contributed by atoms with Gasteiger partial charge >= 0.3 is 11.9 Å². The summed E-state index contributed by atoms with van der Waals surface area (Å²) in [5.74, 6) is -2.75. The molecule has 0 heterocycles. The lowest BCUT2D eigenvalue weighted by atomic mass is 10.1. The first-order valence-corrected chi connectivity index (χ1v) is 8.36. The maximum absolute atomic E-state index is 9.10. The average molecular weight is 374 g/mol. The quantitative estimate of drug-likeness (QED) is 0.639. The van der Waals surface area contributed by atoms with Crippen LogP contribution in [-0.2, 0) is 16.1 Å². The topological polar surface area (TPSA) is 99.1 Å². The molecule has 0 aliphatic carbocycles. The summed E-state index contributed by atoms with van der Waals surface area (Å²) >= 11 is 0. The fourth-order valence-electron chi connectivity index (χ4n) is 2.37. The normalized spacial score (nSPS) is 11.3. The van der Waals surface area contributed by atoms with E-state index in [1.54, 1.807) is 7.11 Å². The van der Waals surface area contributed by atoms with Crippen LogP contribution in [0.2, 0.25) is 0 Å². The second-order valence-electron chi connectivity index (χ2n) is 5.98. The van der Waals surface area contributed by atoms with Crippen LogP contribution in [0.25, 0.3) is 0 Å². The molecule has 0 radical (unpaired) electrons. The molecule has 0 aliphatic rings. The highest BCUT2D eigenvalue weighted by molar-refractivity contribution is 6.27. The third-order valence-corrected chi connectivity index (χ3v) is 3.82. The zero-order valence-corrected chi connectivity index (χ0v) is 15.8. The molecule has 2 rings (SSSR count). The van der Waals surface area contributed by atoms with Crippen molar-refractivity contribution < 1.29 is 24.5 Å². The number of carbonyl (C=O) groups is 2. The first-order valence-electron chi connectivity index (χ1n) is 8.36. The van der Waals surface area contributed by atoms with E-state index in [2.05, 4.69) is 66.8 Å². The summed E-state index contributed by atoms with van der Waals surface area (Å²) in [6.07, 6.45) is 0. The summed E-state index contributed by atoms with van der Waals surface area (Å²) in [5.41, 5.74) is 2.60. The lowest BCUT2D eigenvalue weighted by Gasteiger charge is -2.25. The van der Waals surface area contributed by atoms with Gasteiger partial charge in [0.2, 0.25) is 0 Å². The van der Waals surface area contributed by atoms with E-state index in [4.69, 9.17) is 24.5 Å². The van der Waals surface area contributed by atoms with Crippen LogP contribution in [-0.4, -0.2) is 54.8 Å². The summed E-state index contributed by atoms with van der Waals surface area (Å²) in [5, 5.41) is 18.3. The third-order valence-electron chi connectivity index (χ3n) is 3.82. The molecule has 2 aromatic rings. The Kier molecular flexibility index (Phi) is 9.57. The Morgan fingerprint density at radius 1 is 1.00 bits per heavy atom. The maximum atomic E-state index is 9.10. The number of benzene rings is 2. The molecule has 0 bridgehead atoms. The molecule has 7 nitrogen and oxygen atoms in total. The van der Waals surface area contributed by atoms with Gasteiger partial charge in [-0.1, -0.05) is 42.5 Å². The Hall–Kier alpha value is -2.90. The van der Waals surface area contributed by atoms with E-state index in [-0.39, 0.29) is 0 Å². The van der Waals surface area contributed by atoms with E-state index >= 15 is 0 Å². The van der Waals surface area contributed by atoms with E-state index < -0.39 is 11.9 Å². The molecule has 0 amide bonds. The van der Waals surface area contributed by atoms with Gasteiger partial charge < -0.3 is 25.2 Å². The summed E-state index contributed by atoms with van der Waals surface area (Å²) in [6, 6.07) is 19.2. The number of hydrogen-bond acceptors (Lipinski definition) is 5. The highest BCUT2D eigenvalue weighted by Gasteiger charge is 2.12. The van der Waals surface area contributed by atoms with Crippen molar-refractivity contribution in [2.45, 2.75) is 12.6 Å². The predicted octanol–water partition coefficient (Wildman–Crippen LogP) is 2.24. The lowest BCUT2D eigenvalue weighted by Crippen LogP contribution is -2.30. The highest BCUT2D eigenvalue weighted by atomic mass is 16.5. The van der Waals surface area contributed by atoms with Gasteiger partial charge in [0, 0.05) is 19.1 Å². The van der Waals surface area contributed by atoms with Gasteiger partial charge in [0.15, 0.2) is 0 Å². The Balaban J connectivity index is 0.000000527. The largest absolute Gasteiger partial charge is 0.497 e. The molecule has 3 N–H and O–H groups in total. The van der Waals surface area contributed by atoms with E-state index in [1.807, 2.05) is 12.1 Å². The number of carboxylic acids is 2. The second-order valence-corrected chi connectivity index (χ2v) is 5.98. The molecule has 27 heavy (non-hydrogen) atoms. The summed E-state index contributed by atoms with van der Waals surface area (Å²) < 4.78 is 5.17. The minimum atomic E-state index is -1.82. The molecular formula is C20H26N2O5. The number of likely N-dealkylation sites (N-methyl/N-ethyl adjacent to an activating group) is 1. The van der Waals surface area contributed by atoms with Crippen molar-refractivity contribution in [1.82, 2.24) is 10.2 Å². The average Bonchev–Trinajstić information content (AvgIpc) is 2.66. The van der Waals surface area contributed by atoms with E-state index in [1.165, 1.54) is 11.1 Å². The molecule has 1 unspecified atom stereocenters. The molecule has 146 valence electrons. The molecule has 0 aromatic heterocycles. The minimum Gasteiger partial charge on any atom is -0.497 e. The van der Waals surface area contributed by atoms with E-state index in [9.17, 15) is 0 Å². The fraction of sp³-hybridized carbons (Fsp3) is 0.300. The van der Waals surface area contributed by atoms with Gasteiger partial charge in [0.25, 0.3) is 0 Å². The van der Waals surface area contributed by atoms with Gasteiger partial charge in [-0.3, -0.25) is 0 Å². The summed E-state index contributed by atoms with van der Waals surface area (Å²) in [7, 11) is 5.92. The minimum absolute atomic E-state index is 0.379. The number of nitrogens with one attached hydrogen (secondary N) is 1. The van der Waals surface area contributed by atoms with Gasteiger partial charge in [0.1, 0.15) is 5.75 Å². The molecule has 7 heteroatoms. The third kappa shape index (κ3) is 8.35. The van der Waals surface area contributed by atoms with Gasteiger partial charge in [0.05, 0.1) is 7.11 Å². The van der Waals surface area contributed by atoms with Gasteiger partial charge in [-0.2, -0.15) is 0 Å². The molecule has 0 fully saturated rings. The van der Waals surface area contributed by atoms with Crippen LogP contribution in [0, 0.1) is 0 Å². The van der Waals surface area contributed by atoms with Gasteiger partial charge in [-0.05, 0) is 37.4 Å². The van der Waals surface area contributed by atoms with E-state index in [0.29, 0.717) is 6.04 Å². The lowest BCUT2D eigenvalue weighted by molar-refractivity contribution is -0.159. The number of methoxy groups -OCH3 is 1. The monoisotopic (exact) mass is 374 g/mol. The van der Waals surface area contributed by atoms with Crippen molar-refractivity contribution in [3.05, 3.63) is 65.7 Å². The van der Waals surface area contributed by atoms with Crippen LogP contribution >= 0.6 is 0 Å². The first-order chi connectivity index (χ1) is 12.8. The number of hydrogen-bond donors (Lipinski definition) is 3. The Labute approximate surface area is 159 Å². The molecule has 0 aliphatic heterocycles. The van der Waals surface area contributed by atoms with Crippen LogP contribution in [0.15, 0.2) is 54.6 Å². The SMILES string of the molecule is COc1ccc(CNCC(c2ccccc2)N(C)C)cc1.O=C(O)C(=O)O. The first kappa shape index (κ1) is 22.1. The standard InChI is InChI=1S/C18H24N2O.C2H2O4/c1-20(2)18(16-7-5-4-6-8-16)14-19-13-15-9-11-17(21-3)12-10-15;3-1(4)2(5)6/h4-12,18-19H,13-14H2,1-3H3;(H,3,4)(H,5,6). The molecular weight excluding hydrogens is 348 g/mol. The Bertz CT molecular complexity index is 690. The summed E-state index contributed by atoms with van der Waals surface area (Å²) in [4.78, 5) is 20.4. The van der Waals surface area contributed by atoms with E-state index in [0.717, 1.165) is 18.8 Å². The second kappa shape index (κ2) is 11.7. The number of nitrogens with zero attached hydrogens (tertiary/aromatic N) is 1. The number of aliphatic carboxylic acids is 2. The van der Waals surface area contributed by atoms with Gasteiger partial charge in [-0.15, -0.1) is 0 Å². The van der Waals surface area contributed by atoms with Crippen molar-refractivity contribution in [2.24, 2.45) is 0 Å². The van der Waals surface area contributed by atoms with Crippen LogP contribution in [0.3, 0.4) is 0 Å². The predicted molar refractivity (Wildman–Crippen MR) is 103 cm³/mol. The van der Waals surface area contributed by atoms with Crippen molar-refractivity contribution in [3.8, 4) is 5.75 Å². The number of ether oxygens (including phenoxy) is 1. The highest BCUT2D eigenvalue weighted by Crippen LogP contribution is 2.17. The molecule has 0 saturated carbocycles. The van der Waals surface area contributed by atoms with Crippen molar-refractivity contribution in [2.75, 3.05) is 27.7 Å². The smallest absolute Gasteiger partial charge is 0.414 e. The van der Waals surface area contributed by atoms with Crippen molar-refractivity contribution in [3.63, 3.8) is 0 Å². The fourth-order valence-corrected chi connectivity index (χ4v) is 2.37. The number of carboxylic acid groups (broad SMARTS) is 2. The molecule has 0 saturated heterocycles. The van der Waals surface area contributed by atoms with Crippen LogP contribution in [0.4, 0.5) is 0 Å². The molecule has 0 spiro atoms. The maximum Gasteiger partial charge on any atom is 0.414 e. The van der Waals surface area contributed by atoms with Crippen LogP contribution in [0.1, 0.15) is 17.2 Å². The van der Waals surface area contributed by atoms with Crippen molar-refractivity contribution >= 4 is 11.9 Å². The Morgan fingerprint density at radius 3 is 2.00 bits per heavy atom. The molecule has 1 atom stereocenters. The Morgan fingerprint density at radius 2 is 1.56 bits per heavy atom. The zero-order valence-electron chi connectivity index (χ0n) is 15.8. The van der Waals surface area contributed by atoms with Crippen LogP contribution in [0.5, 0.6) is 5.75 Å². The zero-order chi connectivity index (χ0) is 20.2.